The maximum absolute atomic E-state index is 11.6. The van der Waals surface area contributed by atoms with E-state index in [0.29, 0.717) is 0 Å². The highest BCUT2D eigenvalue weighted by molar-refractivity contribution is 5.74. The maximum Gasteiger partial charge on any atom is 0.321 e. The minimum atomic E-state index is -0.631. The average molecular weight is 267 g/mol. The molecule has 1 unspecified atom stereocenters. The highest BCUT2D eigenvalue weighted by atomic mass is 16.4. The van der Waals surface area contributed by atoms with Crippen LogP contribution in [0.5, 0.6) is 0 Å². The molecule has 110 valence electrons. The lowest BCUT2D eigenvalue weighted by molar-refractivity contribution is -0.150. The second-order valence-electron chi connectivity index (χ2n) is 7.16. The number of carboxylic acids is 1. The number of hydrogen-bond donors (Lipinski definition) is 1. The normalized spacial score (nSPS) is 29.3. The second kappa shape index (κ2) is 6.25. The molecule has 2 fully saturated rings. The van der Waals surface area contributed by atoms with Gasteiger partial charge in [0, 0.05) is 0 Å². The van der Waals surface area contributed by atoms with Crippen molar-refractivity contribution in [3.63, 3.8) is 0 Å². The fourth-order valence-corrected chi connectivity index (χ4v) is 4.05. The molecule has 1 saturated carbocycles. The lowest BCUT2D eigenvalue weighted by Gasteiger charge is -2.44. The Hall–Kier alpha value is -0.570. The van der Waals surface area contributed by atoms with Crippen molar-refractivity contribution in [3.05, 3.63) is 0 Å². The van der Waals surface area contributed by atoms with Gasteiger partial charge in [-0.25, -0.2) is 0 Å². The van der Waals surface area contributed by atoms with E-state index in [1.807, 2.05) is 0 Å². The number of likely N-dealkylation sites (tertiary alicyclic amines) is 1. The van der Waals surface area contributed by atoms with Crippen LogP contribution in [0, 0.1) is 11.3 Å². The van der Waals surface area contributed by atoms with Crippen molar-refractivity contribution in [2.75, 3.05) is 13.1 Å². The molecule has 1 N–H and O–H groups in total. The van der Waals surface area contributed by atoms with Crippen molar-refractivity contribution in [3.8, 4) is 0 Å². The van der Waals surface area contributed by atoms with E-state index in [4.69, 9.17) is 0 Å². The summed E-state index contributed by atoms with van der Waals surface area (Å²) in [4.78, 5) is 13.8. The Labute approximate surface area is 117 Å². The average Bonchev–Trinajstić information content (AvgIpc) is 2.36. The molecule has 0 aromatic rings. The number of aliphatic carboxylic acids is 1. The van der Waals surface area contributed by atoms with Gasteiger partial charge in [-0.2, -0.15) is 0 Å². The lowest BCUT2D eigenvalue weighted by atomic mass is 9.76. The molecule has 3 nitrogen and oxygen atoms in total. The Kier molecular flexibility index (Phi) is 4.88. The van der Waals surface area contributed by atoms with Crippen molar-refractivity contribution >= 4 is 5.97 Å². The number of hydrogen-bond acceptors (Lipinski definition) is 2. The fourth-order valence-electron chi connectivity index (χ4n) is 4.05. The van der Waals surface area contributed by atoms with E-state index in [-0.39, 0.29) is 11.5 Å². The van der Waals surface area contributed by atoms with E-state index >= 15 is 0 Å². The SMILES string of the molecule is CC1(C)CCCN(CCC2CCCCC2)C1C(=O)O. The van der Waals surface area contributed by atoms with Crippen LogP contribution in [0.3, 0.4) is 0 Å². The van der Waals surface area contributed by atoms with Crippen LogP contribution in [0.15, 0.2) is 0 Å². The number of rotatable bonds is 4. The molecule has 0 radical (unpaired) electrons. The molecule has 0 aromatic carbocycles. The molecule has 2 aliphatic rings. The van der Waals surface area contributed by atoms with Gasteiger partial charge in [-0.1, -0.05) is 46.0 Å². The third kappa shape index (κ3) is 3.71. The summed E-state index contributed by atoms with van der Waals surface area (Å²) in [6, 6.07) is -0.287. The summed E-state index contributed by atoms with van der Waals surface area (Å²) in [5.41, 5.74) is -0.0867. The van der Waals surface area contributed by atoms with Gasteiger partial charge in [-0.3, -0.25) is 9.69 Å². The molecular formula is C16H29NO2. The predicted octanol–water partition coefficient (Wildman–Crippen LogP) is 3.53. The van der Waals surface area contributed by atoms with E-state index < -0.39 is 5.97 Å². The monoisotopic (exact) mass is 267 g/mol. The molecule has 3 heteroatoms. The summed E-state index contributed by atoms with van der Waals surface area (Å²) in [5.74, 6) is 0.210. The molecule has 2 rings (SSSR count). The van der Waals surface area contributed by atoms with Gasteiger partial charge in [-0.15, -0.1) is 0 Å². The minimum absolute atomic E-state index is 0.0867. The molecule has 1 heterocycles. The van der Waals surface area contributed by atoms with Crippen LogP contribution < -0.4 is 0 Å². The Morgan fingerprint density at radius 2 is 1.89 bits per heavy atom. The Bertz CT molecular complexity index is 308. The summed E-state index contributed by atoms with van der Waals surface area (Å²) < 4.78 is 0. The quantitative estimate of drug-likeness (QED) is 0.847. The third-order valence-electron chi connectivity index (χ3n) is 5.16. The number of carboxylic acid groups (broad SMARTS) is 1. The van der Waals surface area contributed by atoms with Crippen molar-refractivity contribution in [1.82, 2.24) is 4.90 Å². The summed E-state index contributed by atoms with van der Waals surface area (Å²) in [6.45, 7) is 6.16. The summed E-state index contributed by atoms with van der Waals surface area (Å²) in [7, 11) is 0. The molecule has 0 spiro atoms. The first-order valence-electron chi connectivity index (χ1n) is 7.97. The second-order valence-corrected chi connectivity index (χ2v) is 7.16. The molecule has 1 aliphatic carbocycles. The van der Waals surface area contributed by atoms with Crippen molar-refractivity contribution in [1.29, 1.82) is 0 Å². The van der Waals surface area contributed by atoms with Crippen LogP contribution in [0.4, 0.5) is 0 Å². The molecule has 0 bridgehead atoms. The third-order valence-corrected chi connectivity index (χ3v) is 5.16. The van der Waals surface area contributed by atoms with Crippen molar-refractivity contribution < 1.29 is 9.90 Å². The van der Waals surface area contributed by atoms with Crippen LogP contribution in [-0.2, 0) is 4.79 Å². The molecular weight excluding hydrogens is 238 g/mol. The smallest absolute Gasteiger partial charge is 0.321 e. The summed E-state index contributed by atoms with van der Waals surface area (Å²) >= 11 is 0. The van der Waals surface area contributed by atoms with Gasteiger partial charge in [0.05, 0.1) is 0 Å². The van der Waals surface area contributed by atoms with E-state index in [1.165, 1.54) is 38.5 Å². The Balaban J connectivity index is 1.91. The van der Waals surface area contributed by atoms with Gasteiger partial charge in [0.25, 0.3) is 0 Å². The largest absolute Gasteiger partial charge is 0.480 e. The van der Waals surface area contributed by atoms with Crippen LogP contribution in [0.1, 0.15) is 65.2 Å². The molecule has 1 aliphatic heterocycles. The van der Waals surface area contributed by atoms with E-state index in [0.717, 1.165) is 31.8 Å². The van der Waals surface area contributed by atoms with Gasteiger partial charge in [0.2, 0.25) is 0 Å². The van der Waals surface area contributed by atoms with Crippen LogP contribution in [0.2, 0.25) is 0 Å². The summed E-state index contributed by atoms with van der Waals surface area (Å²) in [6.07, 6.45) is 10.2. The van der Waals surface area contributed by atoms with Gasteiger partial charge in [0.1, 0.15) is 6.04 Å². The standard InChI is InChI=1S/C16H29NO2/c1-16(2)10-6-11-17(14(16)15(18)19)12-9-13-7-4-3-5-8-13/h13-14H,3-12H2,1-2H3,(H,18,19). The van der Waals surface area contributed by atoms with Gasteiger partial charge in [0.15, 0.2) is 0 Å². The van der Waals surface area contributed by atoms with Gasteiger partial charge >= 0.3 is 5.97 Å². The summed E-state index contributed by atoms with van der Waals surface area (Å²) in [5, 5.41) is 9.54. The minimum Gasteiger partial charge on any atom is -0.480 e. The van der Waals surface area contributed by atoms with Crippen LogP contribution >= 0.6 is 0 Å². The van der Waals surface area contributed by atoms with Gasteiger partial charge < -0.3 is 5.11 Å². The van der Waals surface area contributed by atoms with Gasteiger partial charge in [-0.05, 0) is 43.7 Å². The van der Waals surface area contributed by atoms with Crippen molar-refractivity contribution in [2.24, 2.45) is 11.3 Å². The van der Waals surface area contributed by atoms with E-state index in [1.54, 1.807) is 0 Å². The first-order chi connectivity index (χ1) is 9.00. The Morgan fingerprint density at radius 3 is 2.53 bits per heavy atom. The van der Waals surface area contributed by atoms with E-state index in [2.05, 4.69) is 18.7 Å². The first kappa shape index (κ1) is 14.8. The molecule has 1 saturated heterocycles. The zero-order valence-electron chi connectivity index (χ0n) is 12.5. The number of nitrogens with zero attached hydrogens (tertiary/aromatic N) is 1. The van der Waals surface area contributed by atoms with Crippen LogP contribution in [0.25, 0.3) is 0 Å². The molecule has 19 heavy (non-hydrogen) atoms. The van der Waals surface area contributed by atoms with Crippen LogP contribution in [-0.4, -0.2) is 35.1 Å². The topological polar surface area (TPSA) is 40.5 Å². The highest BCUT2D eigenvalue weighted by Gasteiger charge is 2.42. The number of carbonyl (C=O) groups is 1. The zero-order chi connectivity index (χ0) is 13.9. The maximum atomic E-state index is 11.6. The highest BCUT2D eigenvalue weighted by Crippen LogP contribution is 2.36. The predicted molar refractivity (Wildman–Crippen MR) is 77.2 cm³/mol. The molecule has 1 atom stereocenters. The number of piperidine rings is 1. The molecule has 0 amide bonds. The molecule has 0 aromatic heterocycles. The van der Waals surface area contributed by atoms with E-state index in [9.17, 15) is 9.90 Å². The fraction of sp³-hybridized carbons (Fsp3) is 0.938. The van der Waals surface area contributed by atoms with Crippen molar-refractivity contribution in [2.45, 2.75) is 71.3 Å². The first-order valence-corrected chi connectivity index (χ1v) is 7.97. The Morgan fingerprint density at radius 1 is 1.21 bits per heavy atom. The lowest BCUT2D eigenvalue weighted by Crippen LogP contribution is -2.54. The zero-order valence-corrected chi connectivity index (χ0v) is 12.5.